The molecule has 1 aromatic carbocycles. The highest BCUT2D eigenvalue weighted by molar-refractivity contribution is 7.59. The quantitative estimate of drug-likeness (QED) is 0.801. The van der Waals surface area contributed by atoms with Gasteiger partial charge in [0, 0.05) is 0 Å². The van der Waals surface area contributed by atoms with Crippen molar-refractivity contribution in [2.75, 3.05) is 19.6 Å². The van der Waals surface area contributed by atoms with Crippen LogP contribution in [-0.4, -0.2) is 24.5 Å². The number of halogens is 1. The van der Waals surface area contributed by atoms with Crippen molar-refractivity contribution in [2.45, 2.75) is 26.2 Å². The summed E-state index contributed by atoms with van der Waals surface area (Å²) in [4.78, 5) is 2.49. The lowest BCUT2D eigenvalue weighted by Gasteiger charge is -2.31. The van der Waals surface area contributed by atoms with Crippen molar-refractivity contribution in [1.82, 2.24) is 4.90 Å². The SMILES string of the molecule is CCN1CCC(Cc2cccc(F)c2)CC1.S. The van der Waals surface area contributed by atoms with Crippen molar-refractivity contribution in [2.24, 2.45) is 5.92 Å². The summed E-state index contributed by atoms with van der Waals surface area (Å²) in [6.07, 6.45) is 3.55. The van der Waals surface area contributed by atoms with E-state index in [0.29, 0.717) is 0 Å². The molecule has 0 amide bonds. The molecule has 0 N–H and O–H groups in total. The molecular weight excluding hydrogens is 233 g/mol. The van der Waals surface area contributed by atoms with Crippen LogP contribution in [0.3, 0.4) is 0 Å². The summed E-state index contributed by atoms with van der Waals surface area (Å²) in [6.45, 7) is 5.78. The first kappa shape index (κ1) is 14.5. The van der Waals surface area contributed by atoms with Crippen LogP contribution in [0.25, 0.3) is 0 Å². The number of rotatable bonds is 3. The topological polar surface area (TPSA) is 3.24 Å². The van der Waals surface area contributed by atoms with Crippen LogP contribution in [0.5, 0.6) is 0 Å². The fraction of sp³-hybridized carbons (Fsp3) is 0.571. The van der Waals surface area contributed by atoms with Gasteiger partial charge in [-0.2, -0.15) is 13.5 Å². The Morgan fingerprint density at radius 3 is 2.59 bits per heavy atom. The molecule has 1 saturated heterocycles. The van der Waals surface area contributed by atoms with E-state index in [-0.39, 0.29) is 19.3 Å². The van der Waals surface area contributed by atoms with Gasteiger partial charge in [-0.05, 0) is 62.5 Å². The monoisotopic (exact) mass is 255 g/mol. The zero-order valence-electron chi connectivity index (χ0n) is 10.5. The molecule has 2 rings (SSSR count). The highest BCUT2D eigenvalue weighted by Gasteiger charge is 2.18. The van der Waals surface area contributed by atoms with E-state index in [2.05, 4.69) is 11.8 Å². The van der Waals surface area contributed by atoms with Gasteiger partial charge in [0.05, 0.1) is 0 Å². The number of benzene rings is 1. The summed E-state index contributed by atoms with van der Waals surface area (Å²) in [7, 11) is 0. The van der Waals surface area contributed by atoms with Gasteiger partial charge in [0.25, 0.3) is 0 Å². The summed E-state index contributed by atoms with van der Waals surface area (Å²) in [5.74, 6) is 0.632. The molecule has 0 aromatic heterocycles. The van der Waals surface area contributed by atoms with Crippen molar-refractivity contribution in [1.29, 1.82) is 0 Å². The van der Waals surface area contributed by atoms with Crippen molar-refractivity contribution < 1.29 is 4.39 Å². The zero-order chi connectivity index (χ0) is 11.4. The second-order valence-electron chi connectivity index (χ2n) is 4.71. The maximum Gasteiger partial charge on any atom is 0.123 e. The lowest BCUT2D eigenvalue weighted by molar-refractivity contribution is 0.192. The van der Waals surface area contributed by atoms with E-state index in [1.807, 2.05) is 12.1 Å². The minimum Gasteiger partial charge on any atom is -0.304 e. The molecule has 3 heteroatoms. The van der Waals surface area contributed by atoms with Crippen LogP contribution in [-0.2, 0) is 6.42 Å². The van der Waals surface area contributed by atoms with Crippen molar-refractivity contribution in [3.05, 3.63) is 35.6 Å². The molecule has 0 unspecified atom stereocenters. The van der Waals surface area contributed by atoms with Gasteiger partial charge in [-0.25, -0.2) is 4.39 Å². The van der Waals surface area contributed by atoms with E-state index in [4.69, 9.17) is 0 Å². The molecule has 1 aliphatic rings. The molecule has 0 spiro atoms. The number of hydrogen-bond donors (Lipinski definition) is 0. The van der Waals surface area contributed by atoms with E-state index in [0.717, 1.165) is 24.4 Å². The lowest BCUT2D eigenvalue weighted by Crippen LogP contribution is -2.34. The van der Waals surface area contributed by atoms with Gasteiger partial charge in [0.2, 0.25) is 0 Å². The minimum absolute atomic E-state index is 0. The Morgan fingerprint density at radius 1 is 1.29 bits per heavy atom. The van der Waals surface area contributed by atoms with Crippen LogP contribution in [0, 0.1) is 11.7 Å². The first-order valence-corrected chi connectivity index (χ1v) is 6.24. The average Bonchev–Trinajstić information content (AvgIpc) is 2.30. The van der Waals surface area contributed by atoms with E-state index in [1.165, 1.54) is 32.0 Å². The molecule has 0 bridgehead atoms. The van der Waals surface area contributed by atoms with E-state index in [9.17, 15) is 4.39 Å². The van der Waals surface area contributed by atoms with Crippen LogP contribution in [0.2, 0.25) is 0 Å². The molecule has 1 aromatic rings. The summed E-state index contributed by atoms with van der Waals surface area (Å²) < 4.78 is 13.0. The minimum atomic E-state index is -0.108. The first-order chi connectivity index (χ1) is 7.78. The highest BCUT2D eigenvalue weighted by atomic mass is 32.1. The molecule has 0 radical (unpaired) electrons. The Hall–Kier alpha value is -0.540. The third-order valence-corrected chi connectivity index (χ3v) is 3.57. The Balaban J connectivity index is 0.00000144. The highest BCUT2D eigenvalue weighted by Crippen LogP contribution is 2.21. The number of piperidine rings is 1. The molecule has 0 saturated carbocycles. The largest absolute Gasteiger partial charge is 0.304 e. The van der Waals surface area contributed by atoms with Gasteiger partial charge in [0.15, 0.2) is 0 Å². The van der Waals surface area contributed by atoms with Gasteiger partial charge >= 0.3 is 0 Å². The average molecular weight is 255 g/mol. The van der Waals surface area contributed by atoms with Crippen LogP contribution in [0.15, 0.2) is 24.3 Å². The maximum atomic E-state index is 13.0. The second-order valence-corrected chi connectivity index (χ2v) is 4.71. The van der Waals surface area contributed by atoms with Gasteiger partial charge in [0.1, 0.15) is 5.82 Å². The Bertz CT molecular complexity index is 335. The molecule has 96 valence electrons. The van der Waals surface area contributed by atoms with Gasteiger partial charge in [-0.3, -0.25) is 0 Å². The number of nitrogens with zero attached hydrogens (tertiary/aromatic N) is 1. The molecule has 0 aliphatic carbocycles. The van der Waals surface area contributed by atoms with Crippen LogP contribution >= 0.6 is 13.5 Å². The van der Waals surface area contributed by atoms with Crippen molar-refractivity contribution in [3.63, 3.8) is 0 Å². The van der Waals surface area contributed by atoms with E-state index < -0.39 is 0 Å². The Morgan fingerprint density at radius 2 is 2.00 bits per heavy atom. The molecule has 0 atom stereocenters. The maximum absolute atomic E-state index is 13.0. The molecular formula is C14H22FNS. The molecule has 1 aliphatic heterocycles. The van der Waals surface area contributed by atoms with Crippen LogP contribution in [0.4, 0.5) is 4.39 Å². The lowest BCUT2D eigenvalue weighted by atomic mass is 9.90. The third-order valence-electron chi connectivity index (χ3n) is 3.57. The van der Waals surface area contributed by atoms with Crippen molar-refractivity contribution >= 4 is 13.5 Å². The summed E-state index contributed by atoms with van der Waals surface area (Å²) in [5, 5.41) is 0. The fourth-order valence-electron chi connectivity index (χ4n) is 2.50. The Kier molecular flexibility index (Phi) is 6.00. The molecule has 17 heavy (non-hydrogen) atoms. The van der Waals surface area contributed by atoms with Gasteiger partial charge in [-0.1, -0.05) is 19.1 Å². The van der Waals surface area contributed by atoms with Gasteiger partial charge in [-0.15, -0.1) is 0 Å². The van der Waals surface area contributed by atoms with Crippen molar-refractivity contribution in [3.8, 4) is 0 Å². The third kappa shape index (κ3) is 4.32. The van der Waals surface area contributed by atoms with E-state index >= 15 is 0 Å². The summed E-state index contributed by atoms with van der Waals surface area (Å²) in [6, 6.07) is 7.04. The molecule has 1 heterocycles. The smallest absolute Gasteiger partial charge is 0.123 e. The standard InChI is InChI=1S/C14H20FN.H2S/c1-2-16-8-6-12(7-9-16)10-13-4-3-5-14(15)11-13;/h3-5,11-12H,2,6-10H2,1H3;1H2. The Labute approximate surface area is 110 Å². The summed E-state index contributed by atoms with van der Waals surface area (Å²) >= 11 is 0. The van der Waals surface area contributed by atoms with E-state index in [1.54, 1.807) is 6.07 Å². The number of hydrogen-bond acceptors (Lipinski definition) is 1. The van der Waals surface area contributed by atoms with Gasteiger partial charge < -0.3 is 4.90 Å². The molecule has 1 nitrogen and oxygen atoms in total. The first-order valence-electron chi connectivity index (χ1n) is 6.24. The zero-order valence-corrected chi connectivity index (χ0v) is 11.5. The summed E-state index contributed by atoms with van der Waals surface area (Å²) in [5.41, 5.74) is 1.15. The van der Waals surface area contributed by atoms with Crippen LogP contribution < -0.4 is 0 Å². The predicted octanol–water partition coefficient (Wildman–Crippen LogP) is 3.21. The second kappa shape index (κ2) is 7.02. The number of likely N-dealkylation sites (tertiary alicyclic amines) is 1. The normalized spacial score (nSPS) is 17.8. The van der Waals surface area contributed by atoms with Crippen LogP contribution in [0.1, 0.15) is 25.3 Å². The fourth-order valence-corrected chi connectivity index (χ4v) is 2.50. The predicted molar refractivity (Wildman–Crippen MR) is 75.3 cm³/mol. The molecule has 1 fully saturated rings.